The Kier molecular flexibility index (Phi) is 4.86. The van der Waals surface area contributed by atoms with Crippen molar-refractivity contribution in [2.24, 2.45) is 0 Å². The molecule has 1 aromatic rings. The van der Waals surface area contributed by atoms with Crippen molar-refractivity contribution in [1.82, 2.24) is 0 Å². The smallest absolute Gasteiger partial charge is 0.308 e. The molecule has 0 spiro atoms. The fraction of sp³-hybridized carbons (Fsp3) is 0.364. The zero-order chi connectivity index (χ0) is 13.0. The molecule has 0 aliphatic heterocycles. The number of benzene rings is 1. The fourth-order valence-corrected chi connectivity index (χ4v) is 1.63. The number of hydrogen-bond donors (Lipinski definition) is 2. The molecule has 0 fully saturated rings. The molecule has 0 aliphatic rings. The Morgan fingerprint density at radius 3 is 2.71 bits per heavy atom. The molecule has 0 bridgehead atoms. The van der Waals surface area contributed by atoms with Gasteiger partial charge in [0, 0.05) is 10.6 Å². The van der Waals surface area contributed by atoms with Gasteiger partial charge in [0.1, 0.15) is 11.9 Å². The first-order chi connectivity index (χ1) is 7.97. The van der Waals surface area contributed by atoms with Crippen molar-refractivity contribution < 1.29 is 24.1 Å². The van der Waals surface area contributed by atoms with Crippen molar-refractivity contribution in [2.75, 3.05) is 7.11 Å². The molecule has 0 amide bonds. The molecule has 0 saturated carbocycles. The predicted molar refractivity (Wildman–Crippen MR) is 59.0 cm³/mol. The average Bonchev–Trinajstić information content (AvgIpc) is 2.28. The van der Waals surface area contributed by atoms with E-state index in [1.54, 1.807) is 0 Å². The first-order valence-electron chi connectivity index (χ1n) is 4.84. The fourth-order valence-electron chi connectivity index (χ4n) is 1.35. The molecule has 0 heterocycles. The van der Waals surface area contributed by atoms with Gasteiger partial charge in [-0.2, -0.15) is 0 Å². The summed E-state index contributed by atoms with van der Waals surface area (Å²) < 4.78 is 17.7. The minimum absolute atomic E-state index is 0.0126. The summed E-state index contributed by atoms with van der Waals surface area (Å²) in [6.07, 6.45) is -3.50. The van der Waals surface area contributed by atoms with Gasteiger partial charge in [-0.15, -0.1) is 0 Å². The molecule has 1 rings (SSSR count). The molecule has 2 atom stereocenters. The van der Waals surface area contributed by atoms with Crippen molar-refractivity contribution in [2.45, 2.75) is 18.6 Å². The van der Waals surface area contributed by atoms with Crippen LogP contribution in [0, 0.1) is 5.82 Å². The first kappa shape index (κ1) is 13.9. The maximum absolute atomic E-state index is 13.4. The van der Waals surface area contributed by atoms with Crippen LogP contribution in [0.4, 0.5) is 4.39 Å². The molecule has 0 aromatic heterocycles. The number of carbonyl (C=O) groups is 1. The quantitative estimate of drug-likeness (QED) is 0.806. The van der Waals surface area contributed by atoms with Crippen molar-refractivity contribution in [3.05, 3.63) is 34.6 Å². The number of aliphatic hydroxyl groups excluding tert-OH is 2. The van der Waals surface area contributed by atoms with Gasteiger partial charge in [0.2, 0.25) is 0 Å². The molecule has 0 radical (unpaired) electrons. The number of aliphatic hydroxyl groups is 2. The summed E-state index contributed by atoms with van der Waals surface area (Å²) >= 11 is 5.71. The highest BCUT2D eigenvalue weighted by molar-refractivity contribution is 6.31. The van der Waals surface area contributed by atoms with Crippen LogP contribution in [0.1, 0.15) is 18.1 Å². The third-order valence-electron chi connectivity index (χ3n) is 2.26. The van der Waals surface area contributed by atoms with Crippen LogP contribution < -0.4 is 0 Å². The van der Waals surface area contributed by atoms with E-state index in [-0.39, 0.29) is 10.6 Å². The van der Waals surface area contributed by atoms with Gasteiger partial charge >= 0.3 is 5.97 Å². The summed E-state index contributed by atoms with van der Waals surface area (Å²) in [5.41, 5.74) is -0.231. The van der Waals surface area contributed by atoms with E-state index in [0.717, 1.165) is 13.2 Å². The van der Waals surface area contributed by atoms with Gasteiger partial charge in [-0.25, -0.2) is 4.39 Å². The van der Waals surface area contributed by atoms with Gasteiger partial charge in [-0.3, -0.25) is 4.79 Å². The van der Waals surface area contributed by atoms with E-state index in [1.807, 2.05) is 0 Å². The maximum atomic E-state index is 13.4. The zero-order valence-electron chi connectivity index (χ0n) is 9.06. The topological polar surface area (TPSA) is 66.8 Å². The second-order valence-electron chi connectivity index (χ2n) is 3.43. The molecule has 17 heavy (non-hydrogen) atoms. The lowest BCUT2D eigenvalue weighted by atomic mass is 10.0. The number of halogens is 2. The summed E-state index contributed by atoms with van der Waals surface area (Å²) in [4.78, 5) is 10.9. The van der Waals surface area contributed by atoms with E-state index in [1.165, 1.54) is 12.1 Å². The monoisotopic (exact) mass is 262 g/mol. The van der Waals surface area contributed by atoms with E-state index in [9.17, 15) is 19.4 Å². The molecule has 4 nitrogen and oxygen atoms in total. The Hall–Kier alpha value is -1.17. The minimum atomic E-state index is -1.58. The van der Waals surface area contributed by atoms with Crippen molar-refractivity contribution in [3.8, 4) is 0 Å². The van der Waals surface area contributed by atoms with Crippen LogP contribution in [-0.2, 0) is 9.53 Å². The van der Waals surface area contributed by atoms with Crippen LogP contribution in [0.2, 0.25) is 5.02 Å². The Morgan fingerprint density at radius 2 is 2.18 bits per heavy atom. The van der Waals surface area contributed by atoms with Crippen molar-refractivity contribution >= 4 is 17.6 Å². The third-order valence-corrected chi connectivity index (χ3v) is 2.59. The number of carbonyl (C=O) groups excluding carboxylic acids is 1. The summed E-state index contributed by atoms with van der Waals surface area (Å²) in [7, 11) is 1.15. The predicted octanol–water partition coefficient (Wildman–Crippen LogP) is 1.44. The van der Waals surface area contributed by atoms with Crippen LogP contribution in [0.5, 0.6) is 0 Å². The number of methoxy groups -OCH3 is 1. The Labute approximate surface area is 103 Å². The lowest BCUT2D eigenvalue weighted by Crippen LogP contribution is -2.23. The van der Waals surface area contributed by atoms with Gasteiger partial charge < -0.3 is 14.9 Å². The van der Waals surface area contributed by atoms with Gasteiger partial charge in [-0.05, 0) is 12.1 Å². The van der Waals surface area contributed by atoms with Crippen LogP contribution in [0.15, 0.2) is 18.2 Å². The largest absolute Gasteiger partial charge is 0.469 e. The summed E-state index contributed by atoms with van der Waals surface area (Å²) in [5, 5.41) is 19.2. The SMILES string of the molecule is COC(=O)CC(O)C(O)c1c(F)cccc1Cl. The standard InChI is InChI=1S/C11H12ClFO4/c1-17-9(15)5-8(14)11(16)10-6(12)3-2-4-7(10)13/h2-4,8,11,14,16H,5H2,1H3. The van der Waals surface area contributed by atoms with Crippen LogP contribution in [-0.4, -0.2) is 29.4 Å². The molecular weight excluding hydrogens is 251 g/mol. The normalized spacial score (nSPS) is 14.2. The van der Waals surface area contributed by atoms with Gasteiger partial charge in [0.05, 0.1) is 19.6 Å². The van der Waals surface area contributed by atoms with Crippen LogP contribution in [0.25, 0.3) is 0 Å². The first-order valence-corrected chi connectivity index (χ1v) is 5.22. The lowest BCUT2D eigenvalue weighted by Gasteiger charge is -2.18. The minimum Gasteiger partial charge on any atom is -0.469 e. The van der Waals surface area contributed by atoms with Gasteiger partial charge in [0.15, 0.2) is 0 Å². The van der Waals surface area contributed by atoms with E-state index in [2.05, 4.69) is 4.74 Å². The molecule has 0 saturated heterocycles. The summed E-state index contributed by atoms with van der Waals surface area (Å²) in [6.45, 7) is 0. The van der Waals surface area contributed by atoms with Gasteiger partial charge in [0.25, 0.3) is 0 Å². The van der Waals surface area contributed by atoms with Crippen LogP contribution in [0.3, 0.4) is 0 Å². The lowest BCUT2D eigenvalue weighted by molar-refractivity contribution is -0.144. The van der Waals surface area contributed by atoms with Gasteiger partial charge in [-0.1, -0.05) is 17.7 Å². The maximum Gasteiger partial charge on any atom is 0.308 e. The number of ether oxygens (including phenoxy) is 1. The molecular formula is C11H12ClFO4. The van der Waals surface area contributed by atoms with E-state index < -0.39 is 30.4 Å². The molecule has 2 N–H and O–H groups in total. The second kappa shape index (κ2) is 5.95. The highest BCUT2D eigenvalue weighted by Crippen LogP contribution is 2.28. The zero-order valence-corrected chi connectivity index (χ0v) is 9.82. The number of hydrogen-bond acceptors (Lipinski definition) is 4. The van der Waals surface area contributed by atoms with Crippen molar-refractivity contribution in [3.63, 3.8) is 0 Å². The number of rotatable bonds is 4. The average molecular weight is 263 g/mol. The summed E-state index contributed by atoms with van der Waals surface area (Å²) in [5.74, 6) is -1.45. The summed E-state index contributed by atoms with van der Waals surface area (Å²) in [6, 6.07) is 3.87. The molecule has 94 valence electrons. The highest BCUT2D eigenvalue weighted by atomic mass is 35.5. The Morgan fingerprint density at radius 1 is 1.53 bits per heavy atom. The third kappa shape index (κ3) is 3.39. The highest BCUT2D eigenvalue weighted by Gasteiger charge is 2.26. The van der Waals surface area contributed by atoms with E-state index in [0.29, 0.717) is 0 Å². The van der Waals surface area contributed by atoms with E-state index >= 15 is 0 Å². The molecule has 0 aliphatic carbocycles. The van der Waals surface area contributed by atoms with Crippen molar-refractivity contribution in [1.29, 1.82) is 0 Å². The Balaban J connectivity index is 2.88. The second-order valence-corrected chi connectivity index (χ2v) is 3.83. The van der Waals surface area contributed by atoms with Crippen LogP contribution >= 0.6 is 11.6 Å². The molecule has 1 aromatic carbocycles. The van der Waals surface area contributed by atoms with E-state index in [4.69, 9.17) is 11.6 Å². The Bertz CT molecular complexity index is 390. The molecule has 2 unspecified atom stereocenters. The number of esters is 1. The molecule has 6 heteroatoms.